The van der Waals surface area contributed by atoms with E-state index in [1.165, 1.54) is 12.0 Å². The normalized spacial score (nSPS) is 18.2. The minimum absolute atomic E-state index is 0.240. The zero-order valence-electron chi connectivity index (χ0n) is 18.5. The van der Waals surface area contributed by atoms with Crippen molar-refractivity contribution in [2.45, 2.75) is 32.4 Å². The monoisotopic (exact) mass is 421 g/mol. The molecule has 0 amide bonds. The number of benzene rings is 2. The molecule has 0 bridgehead atoms. The molecule has 0 spiro atoms. The molecule has 162 valence electrons. The lowest BCUT2D eigenvalue weighted by Crippen LogP contribution is -3.09. The number of hydrogen-bond donors (Lipinski definition) is 1. The van der Waals surface area contributed by atoms with E-state index in [4.69, 9.17) is 19.2 Å². The highest BCUT2D eigenvalue weighted by Crippen LogP contribution is 2.32. The third-order valence-electron chi connectivity index (χ3n) is 6.31. The van der Waals surface area contributed by atoms with Crippen molar-refractivity contribution in [2.24, 2.45) is 0 Å². The van der Waals surface area contributed by atoms with Crippen molar-refractivity contribution in [1.29, 1.82) is 0 Å². The molecule has 2 aromatic carbocycles. The SMILES string of the molecule is COC(=O)c1c(C[NH+]2CCC[C@@H]2c2cc(OC)ccc2OC)nc2ccccc2c1C. The number of rotatable bonds is 6. The molecule has 1 aliphatic heterocycles. The molecular weight excluding hydrogens is 392 g/mol. The van der Waals surface area contributed by atoms with Gasteiger partial charge < -0.3 is 19.1 Å². The number of likely N-dealkylation sites (tertiary alicyclic amines) is 1. The summed E-state index contributed by atoms with van der Waals surface area (Å²) in [5, 5.41) is 0.981. The van der Waals surface area contributed by atoms with E-state index in [1.54, 1.807) is 14.2 Å². The number of carbonyl (C=O) groups excluding carboxylic acids is 1. The van der Waals surface area contributed by atoms with Crippen molar-refractivity contribution in [3.05, 3.63) is 64.8 Å². The van der Waals surface area contributed by atoms with Gasteiger partial charge in [0.2, 0.25) is 0 Å². The molecule has 2 heterocycles. The molecule has 0 saturated carbocycles. The van der Waals surface area contributed by atoms with Gasteiger partial charge in [0.15, 0.2) is 0 Å². The van der Waals surface area contributed by atoms with Crippen LogP contribution in [0, 0.1) is 6.92 Å². The van der Waals surface area contributed by atoms with Crippen molar-refractivity contribution in [1.82, 2.24) is 4.98 Å². The third kappa shape index (κ3) is 3.95. The maximum Gasteiger partial charge on any atom is 0.340 e. The Labute approximate surface area is 182 Å². The van der Waals surface area contributed by atoms with Gasteiger partial charge in [0, 0.05) is 18.2 Å². The van der Waals surface area contributed by atoms with Crippen LogP contribution < -0.4 is 14.4 Å². The number of nitrogens with one attached hydrogen (secondary N) is 1. The minimum Gasteiger partial charge on any atom is -0.497 e. The van der Waals surface area contributed by atoms with E-state index in [1.807, 2.05) is 43.3 Å². The largest absolute Gasteiger partial charge is 0.497 e. The summed E-state index contributed by atoms with van der Waals surface area (Å²) in [5.74, 6) is 1.35. The fraction of sp³-hybridized carbons (Fsp3) is 0.360. The first-order valence-corrected chi connectivity index (χ1v) is 10.6. The van der Waals surface area contributed by atoms with Crippen LogP contribution in [0.3, 0.4) is 0 Å². The average Bonchev–Trinajstić information content (AvgIpc) is 3.26. The number of hydrogen-bond acceptors (Lipinski definition) is 5. The predicted molar refractivity (Wildman–Crippen MR) is 119 cm³/mol. The fourth-order valence-corrected chi connectivity index (χ4v) is 4.77. The summed E-state index contributed by atoms with van der Waals surface area (Å²) in [5.41, 5.74) is 4.31. The van der Waals surface area contributed by atoms with Crippen LogP contribution in [0.1, 0.15) is 46.1 Å². The molecule has 1 aromatic heterocycles. The second-order valence-electron chi connectivity index (χ2n) is 7.95. The van der Waals surface area contributed by atoms with Gasteiger partial charge in [-0.2, -0.15) is 0 Å². The highest BCUT2D eigenvalue weighted by Gasteiger charge is 2.34. The first-order chi connectivity index (χ1) is 15.1. The Bertz CT molecular complexity index is 1110. The predicted octanol–water partition coefficient (Wildman–Crippen LogP) is 3.27. The summed E-state index contributed by atoms with van der Waals surface area (Å²) in [6.45, 7) is 3.61. The van der Waals surface area contributed by atoms with E-state index in [-0.39, 0.29) is 12.0 Å². The van der Waals surface area contributed by atoms with Crippen molar-refractivity contribution < 1.29 is 23.9 Å². The molecule has 1 saturated heterocycles. The van der Waals surface area contributed by atoms with E-state index >= 15 is 0 Å². The Balaban J connectivity index is 1.76. The number of ether oxygens (including phenoxy) is 3. The van der Waals surface area contributed by atoms with Crippen molar-refractivity contribution in [2.75, 3.05) is 27.9 Å². The molecule has 1 N–H and O–H groups in total. The first-order valence-electron chi connectivity index (χ1n) is 10.6. The second kappa shape index (κ2) is 8.94. The summed E-state index contributed by atoms with van der Waals surface area (Å²) in [4.78, 5) is 19.0. The van der Waals surface area contributed by atoms with Gasteiger partial charge >= 0.3 is 5.97 Å². The molecule has 3 aromatic rings. The van der Waals surface area contributed by atoms with Gasteiger partial charge in [-0.1, -0.05) is 18.2 Å². The zero-order chi connectivity index (χ0) is 22.0. The standard InChI is InChI=1S/C25H28N2O4/c1-16-18-8-5-6-9-20(18)26-21(24(16)25(28)31-4)15-27-13-7-10-22(27)19-14-17(29-2)11-12-23(19)30-3/h5-6,8-9,11-12,14,22H,7,10,13,15H2,1-4H3/p+1/t22-/m1/s1. The summed E-state index contributed by atoms with van der Waals surface area (Å²) in [7, 11) is 4.80. The van der Waals surface area contributed by atoms with Gasteiger partial charge in [-0.3, -0.25) is 0 Å². The Morgan fingerprint density at radius 1 is 1.13 bits per heavy atom. The van der Waals surface area contributed by atoms with Crippen molar-refractivity contribution in [3.8, 4) is 11.5 Å². The molecule has 1 fully saturated rings. The Kier molecular flexibility index (Phi) is 6.09. The number of quaternary nitrogens is 1. The minimum atomic E-state index is -0.333. The van der Waals surface area contributed by atoms with Crippen LogP contribution in [-0.2, 0) is 11.3 Å². The van der Waals surface area contributed by atoms with Crippen LogP contribution in [0.2, 0.25) is 0 Å². The molecular formula is C25H29N2O4+. The van der Waals surface area contributed by atoms with Gasteiger partial charge in [-0.25, -0.2) is 9.78 Å². The number of aryl methyl sites for hydroxylation is 1. The fourth-order valence-electron chi connectivity index (χ4n) is 4.77. The maximum atomic E-state index is 12.7. The van der Waals surface area contributed by atoms with Gasteiger partial charge in [0.25, 0.3) is 0 Å². The summed E-state index contributed by atoms with van der Waals surface area (Å²) >= 11 is 0. The number of aromatic nitrogens is 1. The van der Waals surface area contributed by atoms with Gasteiger partial charge in [0.05, 0.1) is 44.5 Å². The number of carbonyl (C=O) groups is 1. The van der Waals surface area contributed by atoms with Crippen LogP contribution in [0.4, 0.5) is 0 Å². The summed E-state index contributed by atoms with van der Waals surface area (Å²) in [6.07, 6.45) is 2.14. The van der Waals surface area contributed by atoms with Crippen LogP contribution in [0.5, 0.6) is 11.5 Å². The molecule has 6 heteroatoms. The smallest absolute Gasteiger partial charge is 0.340 e. The van der Waals surface area contributed by atoms with Crippen LogP contribution in [-0.4, -0.2) is 38.8 Å². The maximum absolute atomic E-state index is 12.7. The molecule has 4 rings (SSSR count). The molecule has 31 heavy (non-hydrogen) atoms. The number of fused-ring (bicyclic) bond motifs is 1. The first kappa shape index (κ1) is 21.1. The number of methoxy groups -OCH3 is 3. The molecule has 0 radical (unpaired) electrons. The van der Waals surface area contributed by atoms with Gasteiger partial charge in [0.1, 0.15) is 29.8 Å². The summed E-state index contributed by atoms with van der Waals surface area (Å²) in [6, 6.07) is 14.1. The molecule has 2 atom stereocenters. The van der Waals surface area contributed by atoms with Gasteiger partial charge in [-0.05, 0) is 36.8 Å². The lowest BCUT2D eigenvalue weighted by molar-refractivity contribution is -0.932. The molecule has 1 unspecified atom stereocenters. The Morgan fingerprint density at radius 2 is 1.94 bits per heavy atom. The van der Waals surface area contributed by atoms with E-state index in [0.29, 0.717) is 12.1 Å². The van der Waals surface area contributed by atoms with Crippen molar-refractivity contribution in [3.63, 3.8) is 0 Å². The van der Waals surface area contributed by atoms with Crippen molar-refractivity contribution >= 4 is 16.9 Å². The number of pyridine rings is 1. The van der Waals surface area contributed by atoms with E-state index in [2.05, 4.69) is 6.07 Å². The average molecular weight is 422 g/mol. The number of para-hydroxylation sites is 1. The number of nitrogens with zero attached hydrogens (tertiary/aromatic N) is 1. The van der Waals surface area contributed by atoms with E-state index < -0.39 is 0 Å². The number of esters is 1. The lowest BCUT2D eigenvalue weighted by atomic mass is 10.00. The quantitative estimate of drug-likeness (QED) is 0.619. The topological polar surface area (TPSA) is 62.1 Å². The van der Waals surface area contributed by atoms with Crippen LogP contribution >= 0.6 is 0 Å². The molecule has 1 aliphatic rings. The van der Waals surface area contributed by atoms with Gasteiger partial charge in [-0.15, -0.1) is 0 Å². The highest BCUT2D eigenvalue weighted by molar-refractivity contribution is 5.98. The highest BCUT2D eigenvalue weighted by atomic mass is 16.5. The molecule has 0 aliphatic carbocycles. The lowest BCUT2D eigenvalue weighted by Gasteiger charge is -2.24. The van der Waals surface area contributed by atoms with Crippen LogP contribution in [0.25, 0.3) is 10.9 Å². The zero-order valence-corrected chi connectivity index (χ0v) is 18.5. The second-order valence-corrected chi connectivity index (χ2v) is 7.95. The summed E-state index contributed by atoms with van der Waals surface area (Å²) < 4.78 is 16.2. The van der Waals surface area contributed by atoms with E-state index in [0.717, 1.165) is 58.6 Å². The third-order valence-corrected chi connectivity index (χ3v) is 6.31. The van der Waals surface area contributed by atoms with Crippen LogP contribution in [0.15, 0.2) is 42.5 Å². The Morgan fingerprint density at radius 3 is 2.68 bits per heavy atom. The Hall–Kier alpha value is -3.12. The van der Waals surface area contributed by atoms with E-state index in [9.17, 15) is 4.79 Å². The molecule has 6 nitrogen and oxygen atoms in total.